The zero-order valence-corrected chi connectivity index (χ0v) is 20.9. The molecule has 0 saturated carbocycles. The van der Waals surface area contributed by atoms with E-state index in [4.69, 9.17) is 16.6 Å². The number of amides is 2. The van der Waals surface area contributed by atoms with E-state index in [9.17, 15) is 9.59 Å². The summed E-state index contributed by atoms with van der Waals surface area (Å²) in [4.78, 5) is 32.8. The van der Waals surface area contributed by atoms with Crippen LogP contribution in [0.15, 0.2) is 46.9 Å². The number of thiophene rings is 1. The molecule has 162 valence electrons. The number of rotatable bonds is 3. The molecule has 1 N–H and O–H groups in total. The summed E-state index contributed by atoms with van der Waals surface area (Å²) in [5.41, 5.74) is 3.44. The SMILES string of the molecule is CC(=O)N1CCc2c(sc(NC(=O)c3cc(Br)ccc3Cl)c2-c2nc3ccccc3s2)C1. The van der Waals surface area contributed by atoms with Crippen LogP contribution in [0.1, 0.15) is 27.7 Å². The molecule has 2 aromatic heterocycles. The van der Waals surface area contributed by atoms with Crippen LogP contribution in [0, 0.1) is 0 Å². The van der Waals surface area contributed by atoms with E-state index in [2.05, 4.69) is 21.2 Å². The number of aromatic nitrogens is 1. The van der Waals surface area contributed by atoms with E-state index in [1.807, 2.05) is 29.2 Å². The Morgan fingerprint density at radius 3 is 2.78 bits per heavy atom. The fourth-order valence-electron chi connectivity index (χ4n) is 3.81. The van der Waals surface area contributed by atoms with Crippen molar-refractivity contribution in [3.8, 4) is 10.6 Å². The number of carbonyl (C=O) groups excluding carboxylic acids is 2. The van der Waals surface area contributed by atoms with Gasteiger partial charge in [0.05, 0.1) is 27.3 Å². The first-order valence-electron chi connectivity index (χ1n) is 9.93. The van der Waals surface area contributed by atoms with Crippen LogP contribution in [0.25, 0.3) is 20.8 Å². The lowest BCUT2D eigenvalue weighted by Crippen LogP contribution is -2.33. The molecule has 5 rings (SSSR count). The summed E-state index contributed by atoms with van der Waals surface area (Å²) in [7, 11) is 0. The van der Waals surface area contributed by atoms with Crippen LogP contribution in [0.3, 0.4) is 0 Å². The van der Waals surface area contributed by atoms with Crippen LogP contribution in [-0.2, 0) is 17.8 Å². The summed E-state index contributed by atoms with van der Waals surface area (Å²) in [6, 6.07) is 13.2. The van der Waals surface area contributed by atoms with Gasteiger partial charge in [0, 0.05) is 28.4 Å². The maximum Gasteiger partial charge on any atom is 0.257 e. The van der Waals surface area contributed by atoms with Gasteiger partial charge in [-0.15, -0.1) is 22.7 Å². The van der Waals surface area contributed by atoms with Gasteiger partial charge < -0.3 is 10.2 Å². The molecule has 0 bridgehead atoms. The largest absolute Gasteiger partial charge is 0.337 e. The van der Waals surface area contributed by atoms with Crippen LogP contribution in [-0.4, -0.2) is 28.2 Å². The van der Waals surface area contributed by atoms with E-state index < -0.39 is 0 Å². The number of anilines is 1. The molecular formula is C23H17BrClN3O2S2. The lowest BCUT2D eigenvalue weighted by molar-refractivity contribution is -0.129. The zero-order chi connectivity index (χ0) is 22.4. The van der Waals surface area contributed by atoms with Crippen LogP contribution >= 0.6 is 50.2 Å². The van der Waals surface area contributed by atoms with Crippen molar-refractivity contribution < 1.29 is 9.59 Å². The van der Waals surface area contributed by atoms with Crippen molar-refractivity contribution in [2.45, 2.75) is 19.9 Å². The number of hydrogen-bond donors (Lipinski definition) is 1. The van der Waals surface area contributed by atoms with E-state index in [0.717, 1.165) is 47.1 Å². The molecule has 32 heavy (non-hydrogen) atoms. The predicted octanol–water partition coefficient (Wildman–Crippen LogP) is 6.60. The van der Waals surface area contributed by atoms with Gasteiger partial charge in [-0.3, -0.25) is 9.59 Å². The van der Waals surface area contributed by atoms with Gasteiger partial charge in [0.2, 0.25) is 5.91 Å². The second-order valence-corrected chi connectivity index (χ2v) is 10.9. The number of carbonyl (C=O) groups is 2. The second kappa shape index (κ2) is 8.59. The fourth-order valence-corrected chi connectivity index (χ4v) is 6.74. The molecule has 0 saturated heterocycles. The second-order valence-electron chi connectivity index (χ2n) is 7.46. The average Bonchev–Trinajstić information content (AvgIpc) is 3.35. The summed E-state index contributed by atoms with van der Waals surface area (Å²) in [5, 5.41) is 5.07. The van der Waals surface area contributed by atoms with Crippen molar-refractivity contribution >= 4 is 77.2 Å². The Morgan fingerprint density at radius 1 is 1.19 bits per heavy atom. The molecule has 0 aliphatic carbocycles. The zero-order valence-electron chi connectivity index (χ0n) is 16.9. The standard InChI is InChI=1S/C23H17BrClN3O2S2/c1-12(29)28-9-8-14-19(11-28)32-23(27-21(30)15-10-13(24)6-7-16(15)25)20(14)22-26-17-4-2-3-5-18(17)31-22/h2-7,10H,8-9,11H2,1H3,(H,27,30). The third-order valence-electron chi connectivity index (χ3n) is 5.41. The number of nitrogens with one attached hydrogen (secondary N) is 1. The number of para-hydroxylation sites is 1. The molecule has 0 radical (unpaired) electrons. The number of benzene rings is 2. The lowest BCUT2D eigenvalue weighted by Gasteiger charge is -2.26. The molecule has 0 atom stereocenters. The highest BCUT2D eigenvalue weighted by molar-refractivity contribution is 9.10. The molecule has 4 aromatic rings. The first-order valence-corrected chi connectivity index (χ1v) is 12.7. The number of thiazole rings is 1. The van der Waals surface area contributed by atoms with Crippen molar-refractivity contribution in [2.24, 2.45) is 0 Å². The van der Waals surface area contributed by atoms with Gasteiger partial charge in [0.15, 0.2) is 0 Å². The Morgan fingerprint density at radius 2 is 2.00 bits per heavy atom. The van der Waals surface area contributed by atoms with Crippen molar-refractivity contribution in [3.05, 3.63) is 68.0 Å². The number of hydrogen-bond acceptors (Lipinski definition) is 5. The molecular weight excluding hydrogens is 530 g/mol. The van der Waals surface area contributed by atoms with Crippen molar-refractivity contribution in [1.82, 2.24) is 9.88 Å². The highest BCUT2D eigenvalue weighted by Crippen LogP contribution is 2.46. The van der Waals surface area contributed by atoms with Crippen LogP contribution in [0.5, 0.6) is 0 Å². The van der Waals surface area contributed by atoms with Crippen LogP contribution < -0.4 is 5.32 Å². The lowest BCUT2D eigenvalue weighted by atomic mass is 10.0. The van der Waals surface area contributed by atoms with Crippen LogP contribution in [0.4, 0.5) is 5.00 Å². The minimum Gasteiger partial charge on any atom is -0.337 e. The molecule has 2 amide bonds. The third-order valence-corrected chi connectivity index (χ3v) is 8.42. The molecule has 1 aliphatic heterocycles. The molecule has 9 heteroatoms. The number of halogens is 2. The topological polar surface area (TPSA) is 62.3 Å². The van der Waals surface area contributed by atoms with E-state index in [-0.39, 0.29) is 11.8 Å². The summed E-state index contributed by atoms with van der Waals surface area (Å²) in [6.45, 7) is 2.79. The molecule has 0 spiro atoms. The van der Waals surface area contributed by atoms with Gasteiger partial charge >= 0.3 is 0 Å². The third kappa shape index (κ3) is 3.96. The van der Waals surface area contributed by atoms with Crippen molar-refractivity contribution in [1.29, 1.82) is 0 Å². The Balaban J connectivity index is 1.60. The molecule has 3 heterocycles. The highest BCUT2D eigenvalue weighted by atomic mass is 79.9. The molecule has 0 fully saturated rings. The quantitative estimate of drug-likeness (QED) is 0.315. The predicted molar refractivity (Wildman–Crippen MR) is 135 cm³/mol. The van der Waals surface area contributed by atoms with Gasteiger partial charge in [0.25, 0.3) is 5.91 Å². The highest BCUT2D eigenvalue weighted by Gasteiger charge is 2.29. The maximum absolute atomic E-state index is 13.1. The Bertz CT molecular complexity index is 1350. The Kier molecular flexibility index (Phi) is 5.79. The minimum absolute atomic E-state index is 0.0529. The van der Waals surface area contributed by atoms with Crippen molar-refractivity contribution in [2.75, 3.05) is 11.9 Å². The number of nitrogens with zero attached hydrogens (tertiary/aromatic N) is 2. The molecule has 2 aromatic carbocycles. The molecule has 0 unspecified atom stereocenters. The monoisotopic (exact) mass is 545 g/mol. The van der Waals surface area contributed by atoms with E-state index in [0.29, 0.717) is 23.7 Å². The fraction of sp³-hybridized carbons (Fsp3) is 0.174. The van der Waals surface area contributed by atoms with Gasteiger partial charge in [-0.2, -0.15) is 0 Å². The normalized spacial score (nSPS) is 13.3. The van der Waals surface area contributed by atoms with Gasteiger partial charge in [0.1, 0.15) is 10.0 Å². The van der Waals surface area contributed by atoms with Gasteiger partial charge in [-0.1, -0.05) is 39.7 Å². The first-order chi connectivity index (χ1) is 15.4. The summed E-state index contributed by atoms with van der Waals surface area (Å²) < 4.78 is 1.87. The van der Waals surface area contributed by atoms with E-state index in [1.54, 1.807) is 36.5 Å². The average molecular weight is 547 g/mol. The Labute approximate surface area is 206 Å². The smallest absolute Gasteiger partial charge is 0.257 e. The number of fused-ring (bicyclic) bond motifs is 2. The first kappa shape index (κ1) is 21.6. The maximum atomic E-state index is 13.1. The Hall–Kier alpha value is -2.26. The van der Waals surface area contributed by atoms with E-state index in [1.165, 1.54) is 11.3 Å². The van der Waals surface area contributed by atoms with Gasteiger partial charge in [-0.05, 0) is 42.3 Å². The van der Waals surface area contributed by atoms with Gasteiger partial charge in [-0.25, -0.2) is 4.98 Å². The summed E-state index contributed by atoms with van der Waals surface area (Å²) in [6.07, 6.45) is 0.726. The summed E-state index contributed by atoms with van der Waals surface area (Å²) >= 11 is 12.8. The minimum atomic E-state index is -0.277. The molecule has 5 nitrogen and oxygen atoms in total. The van der Waals surface area contributed by atoms with Crippen molar-refractivity contribution in [3.63, 3.8) is 0 Å². The summed E-state index contributed by atoms with van der Waals surface area (Å²) in [5.74, 6) is -0.224. The van der Waals surface area contributed by atoms with Crippen LogP contribution in [0.2, 0.25) is 5.02 Å². The van der Waals surface area contributed by atoms with E-state index >= 15 is 0 Å². The molecule has 1 aliphatic rings.